The fraction of sp³-hybridized carbons (Fsp3) is 0.400. The molecule has 4 nitrogen and oxygen atoms in total. The lowest BCUT2D eigenvalue weighted by molar-refractivity contribution is -0.143. The summed E-state index contributed by atoms with van der Waals surface area (Å²) in [5, 5.41) is 4.58. The van der Waals surface area contributed by atoms with Crippen LogP contribution in [-0.2, 0) is 16.0 Å². The number of esters is 1. The van der Waals surface area contributed by atoms with Gasteiger partial charge >= 0.3 is 5.97 Å². The van der Waals surface area contributed by atoms with E-state index >= 15 is 0 Å². The van der Waals surface area contributed by atoms with E-state index in [1.165, 1.54) is 23.8 Å². The number of hydrogen-bond acceptors (Lipinski definition) is 3. The molecule has 0 saturated carbocycles. The first kappa shape index (κ1) is 12.2. The number of ether oxygens (including phenoxy) is 1. The molecule has 0 spiro atoms. The molecule has 2 N–H and O–H groups in total. The van der Waals surface area contributed by atoms with Gasteiger partial charge in [0.15, 0.2) is 0 Å². The highest BCUT2D eigenvalue weighted by molar-refractivity contribution is 5.87. The highest BCUT2D eigenvalue weighted by Crippen LogP contribution is 2.33. The minimum Gasteiger partial charge on any atom is -0.468 e. The van der Waals surface area contributed by atoms with Gasteiger partial charge in [0.05, 0.1) is 7.11 Å². The molecule has 0 fully saturated rings. The zero-order valence-corrected chi connectivity index (χ0v) is 11.2. The van der Waals surface area contributed by atoms with Gasteiger partial charge in [-0.15, -0.1) is 0 Å². The van der Waals surface area contributed by atoms with Crippen molar-refractivity contribution >= 4 is 16.9 Å². The largest absolute Gasteiger partial charge is 0.468 e. The third kappa shape index (κ3) is 1.92. The average molecular weight is 258 g/mol. The smallest absolute Gasteiger partial charge is 0.323 e. The third-order valence-corrected chi connectivity index (χ3v) is 3.90. The lowest BCUT2D eigenvalue weighted by atomic mass is 9.93. The van der Waals surface area contributed by atoms with E-state index in [0.29, 0.717) is 6.42 Å². The summed E-state index contributed by atoms with van der Waals surface area (Å²) in [6, 6.07) is 8.18. The Bertz CT molecular complexity index is 618. The van der Waals surface area contributed by atoms with Crippen molar-refractivity contribution in [3.05, 3.63) is 35.5 Å². The van der Waals surface area contributed by atoms with Crippen LogP contribution >= 0.6 is 0 Å². The van der Waals surface area contributed by atoms with Crippen LogP contribution in [0, 0.1) is 0 Å². The maximum atomic E-state index is 11.8. The molecule has 1 aromatic carbocycles. The Balaban J connectivity index is 2.09. The first-order valence-corrected chi connectivity index (χ1v) is 6.68. The lowest BCUT2D eigenvalue weighted by Crippen LogP contribution is -2.45. The Kier molecular flexibility index (Phi) is 3.03. The van der Waals surface area contributed by atoms with Gasteiger partial charge in [0.2, 0.25) is 0 Å². The average Bonchev–Trinajstić information content (AvgIpc) is 2.84. The first-order chi connectivity index (χ1) is 9.24. The van der Waals surface area contributed by atoms with Gasteiger partial charge in [-0.3, -0.25) is 10.1 Å². The fourth-order valence-corrected chi connectivity index (χ4v) is 2.94. The second-order valence-corrected chi connectivity index (χ2v) is 4.97. The van der Waals surface area contributed by atoms with Crippen LogP contribution in [0.1, 0.15) is 30.6 Å². The SMILES string of the molecule is CC[C@@H]1N[C@@H](C(=O)OC)Cc2c1[nH]c1ccccc21. The molecule has 2 heterocycles. The summed E-state index contributed by atoms with van der Waals surface area (Å²) in [6.07, 6.45) is 1.62. The number of rotatable bonds is 2. The normalized spacial score (nSPS) is 22.2. The van der Waals surface area contributed by atoms with E-state index in [1.807, 2.05) is 12.1 Å². The maximum absolute atomic E-state index is 11.8. The van der Waals surface area contributed by atoms with Crippen LogP contribution in [0.3, 0.4) is 0 Å². The second-order valence-electron chi connectivity index (χ2n) is 4.97. The molecule has 1 aliphatic heterocycles. The molecular formula is C15H18N2O2. The number of para-hydroxylation sites is 1. The van der Waals surface area contributed by atoms with Gasteiger partial charge in [0, 0.05) is 29.1 Å². The van der Waals surface area contributed by atoms with E-state index < -0.39 is 0 Å². The summed E-state index contributed by atoms with van der Waals surface area (Å²) in [6.45, 7) is 2.12. The Hall–Kier alpha value is -1.81. The van der Waals surface area contributed by atoms with E-state index in [-0.39, 0.29) is 18.1 Å². The topological polar surface area (TPSA) is 54.1 Å². The van der Waals surface area contributed by atoms with Gasteiger partial charge in [0.1, 0.15) is 6.04 Å². The number of carbonyl (C=O) groups excluding carboxylic acids is 1. The zero-order valence-electron chi connectivity index (χ0n) is 11.2. The Morgan fingerprint density at radius 3 is 2.95 bits per heavy atom. The molecule has 3 rings (SSSR count). The van der Waals surface area contributed by atoms with E-state index in [2.05, 4.69) is 29.4 Å². The van der Waals surface area contributed by atoms with E-state index in [4.69, 9.17) is 4.74 Å². The number of H-pyrrole nitrogens is 1. The van der Waals surface area contributed by atoms with Gasteiger partial charge < -0.3 is 9.72 Å². The lowest BCUT2D eigenvalue weighted by Gasteiger charge is -2.29. The number of carbonyl (C=O) groups is 1. The van der Waals surface area contributed by atoms with Crippen molar-refractivity contribution in [3.63, 3.8) is 0 Å². The summed E-state index contributed by atoms with van der Waals surface area (Å²) in [7, 11) is 1.44. The van der Waals surface area contributed by atoms with Gasteiger partial charge in [-0.05, 0) is 18.1 Å². The van der Waals surface area contributed by atoms with Gasteiger partial charge in [-0.25, -0.2) is 0 Å². The van der Waals surface area contributed by atoms with Crippen molar-refractivity contribution in [1.82, 2.24) is 10.3 Å². The van der Waals surface area contributed by atoms with Crippen molar-refractivity contribution in [2.24, 2.45) is 0 Å². The summed E-state index contributed by atoms with van der Waals surface area (Å²) in [4.78, 5) is 15.3. The molecule has 0 bridgehead atoms. The van der Waals surface area contributed by atoms with Gasteiger partial charge in [-0.2, -0.15) is 0 Å². The number of aromatic nitrogens is 1. The minimum atomic E-state index is -0.248. The molecule has 1 aliphatic rings. The highest BCUT2D eigenvalue weighted by Gasteiger charge is 2.32. The Labute approximate surface area is 112 Å². The standard InChI is InChI=1S/C15H18N2O2/c1-3-11-14-10(8-13(16-11)15(18)19-2)9-6-4-5-7-12(9)17-14/h4-7,11,13,16-17H,3,8H2,1-2H3/t11-,13+/m0/s1. The maximum Gasteiger partial charge on any atom is 0.323 e. The summed E-state index contributed by atoms with van der Waals surface area (Å²) in [5.74, 6) is -0.186. The van der Waals surface area contributed by atoms with E-state index in [9.17, 15) is 4.79 Å². The number of aromatic amines is 1. The van der Waals surface area contributed by atoms with Crippen molar-refractivity contribution < 1.29 is 9.53 Å². The molecule has 1 aromatic heterocycles. The predicted molar refractivity (Wildman–Crippen MR) is 74.0 cm³/mol. The van der Waals surface area contributed by atoms with Crippen LogP contribution in [0.5, 0.6) is 0 Å². The molecule has 0 radical (unpaired) electrons. The van der Waals surface area contributed by atoms with Crippen molar-refractivity contribution in [3.8, 4) is 0 Å². The molecule has 0 saturated heterocycles. The Morgan fingerprint density at radius 1 is 1.42 bits per heavy atom. The molecule has 19 heavy (non-hydrogen) atoms. The van der Waals surface area contributed by atoms with E-state index in [0.717, 1.165) is 11.9 Å². The quantitative estimate of drug-likeness (QED) is 0.813. The zero-order chi connectivity index (χ0) is 13.4. The van der Waals surface area contributed by atoms with Crippen LogP contribution in [-0.4, -0.2) is 24.1 Å². The van der Waals surface area contributed by atoms with Crippen LogP contribution < -0.4 is 5.32 Å². The van der Waals surface area contributed by atoms with Crippen LogP contribution in [0.15, 0.2) is 24.3 Å². The molecule has 2 atom stereocenters. The minimum absolute atomic E-state index is 0.181. The van der Waals surface area contributed by atoms with Crippen LogP contribution in [0.25, 0.3) is 10.9 Å². The predicted octanol–water partition coefficient (Wildman–Crippen LogP) is 2.31. The summed E-state index contributed by atoms with van der Waals surface area (Å²) in [5.41, 5.74) is 3.60. The number of benzene rings is 1. The molecule has 4 heteroatoms. The molecule has 0 aliphatic carbocycles. The monoisotopic (exact) mass is 258 g/mol. The van der Waals surface area contributed by atoms with E-state index in [1.54, 1.807) is 0 Å². The highest BCUT2D eigenvalue weighted by atomic mass is 16.5. The first-order valence-electron chi connectivity index (χ1n) is 6.68. The molecule has 2 aromatic rings. The van der Waals surface area contributed by atoms with Crippen LogP contribution in [0.2, 0.25) is 0 Å². The van der Waals surface area contributed by atoms with Crippen molar-refractivity contribution in [2.45, 2.75) is 31.8 Å². The van der Waals surface area contributed by atoms with Crippen molar-refractivity contribution in [2.75, 3.05) is 7.11 Å². The third-order valence-electron chi connectivity index (χ3n) is 3.90. The number of fused-ring (bicyclic) bond motifs is 3. The fourth-order valence-electron chi connectivity index (χ4n) is 2.94. The van der Waals surface area contributed by atoms with Gasteiger partial charge in [0.25, 0.3) is 0 Å². The number of nitrogens with one attached hydrogen (secondary N) is 2. The number of hydrogen-bond donors (Lipinski definition) is 2. The molecule has 0 amide bonds. The molecule has 100 valence electrons. The number of methoxy groups -OCH3 is 1. The Morgan fingerprint density at radius 2 is 2.21 bits per heavy atom. The van der Waals surface area contributed by atoms with Gasteiger partial charge in [-0.1, -0.05) is 25.1 Å². The van der Waals surface area contributed by atoms with Crippen molar-refractivity contribution in [1.29, 1.82) is 0 Å². The summed E-state index contributed by atoms with van der Waals surface area (Å²) < 4.78 is 4.87. The molecular weight excluding hydrogens is 240 g/mol. The second kappa shape index (κ2) is 4.70. The summed E-state index contributed by atoms with van der Waals surface area (Å²) >= 11 is 0. The van der Waals surface area contributed by atoms with Crippen LogP contribution in [0.4, 0.5) is 0 Å². The molecule has 0 unspecified atom stereocenters.